The van der Waals surface area contributed by atoms with Crippen LogP contribution in [0.4, 0.5) is 8.78 Å². The molecule has 0 atom stereocenters. The van der Waals surface area contributed by atoms with Crippen molar-refractivity contribution in [1.29, 1.82) is 0 Å². The lowest BCUT2D eigenvalue weighted by Crippen LogP contribution is -2.43. The van der Waals surface area contributed by atoms with E-state index in [9.17, 15) is 18.4 Å². The van der Waals surface area contributed by atoms with E-state index in [0.717, 1.165) is 10.0 Å². The summed E-state index contributed by atoms with van der Waals surface area (Å²) in [5, 5.41) is 0. The van der Waals surface area contributed by atoms with Gasteiger partial charge in [0, 0.05) is 42.6 Å². The molecule has 2 aromatic carbocycles. The van der Waals surface area contributed by atoms with Crippen LogP contribution in [0.3, 0.4) is 0 Å². The molecule has 0 aromatic heterocycles. The molecule has 0 unspecified atom stereocenters. The van der Waals surface area contributed by atoms with Crippen LogP contribution in [0.25, 0.3) is 0 Å². The Labute approximate surface area is 182 Å². The van der Waals surface area contributed by atoms with Gasteiger partial charge < -0.3 is 14.5 Å². The fourth-order valence-electron chi connectivity index (χ4n) is 3.54. The van der Waals surface area contributed by atoms with Crippen molar-refractivity contribution >= 4 is 27.7 Å². The van der Waals surface area contributed by atoms with Crippen molar-refractivity contribution in [1.82, 2.24) is 9.80 Å². The highest BCUT2D eigenvalue weighted by Crippen LogP contribution is 2.23. The highest BCUT2D eigenvalue weighted by Gasteiger charge is 2.29. The number of carbonyl (C=O) groups excluding carboxylic acids is 2. The van der Waals surface area contributed by atoms with Gasteiger partial charge in [0.25, 0.3) is 5.91 Å². The van der Waals surface area contributed by atoms with Gasteiger partial charge in [0.1, 0.15) is 5.75 Å². The molecule has 1 aliphatic rings. The Morgan fingerprint density at radius 3 is 2.27 bits per heavy atom. The number of piperidine rings is 1. The Kier molecular flexibility index (Phi) is 7.42. The van der Waals surface area contributed by atoms with Gasteiger partial charge in [-0.1, -0.05) is 28.1 Å². The first kappa shape index (κ1) is 22.2. The van der Waals surface area contributed by atoms with Crippen molar-refractivity contribution in [3.63, 3.8) is 0 Å². The molecule has 0 saturated carbocycles. The Morgan fingerprint density at radius 1 is 1.10 bits per heavy atom. The second-order valence-corrected chi connectivity index (χ2v) is 8.21. The van der Waals surface area contributed by atoms with E-state index < -0.39 is 6.61 Å². The number of nitrogens with zero attached hydrogens (tertiary/aromatic N) is 2. The van der Waals surface area contributed by atoms with Gasteiger partial charge in [0.2, 0.25) is 5.91 Å². The van der Waals surface area contributed by atoms with Crippen LogP contribution in [0.1, 0.15) is 28.8 Å². The van der Waals surface area contributed by atoms with Crippen LogP contribution in [0.5, 0.6) is 5.75 Å². The largest absolute Gasteiger partial charge is 0.435 e. The van der Waals surface area contributed by atoms with Crippen molar-refractivity contribution < 1.29 is 23.1 Å². The number of hydrogen-bond donors (Lipinski definition) is 0. The molecule has 0 aliphatic carbocycles. The van der Waals surface area contributed by atoms with Crippen molar-refractivity contribution in [3.8, 4) is 5.75 Å². The minimum atomic E-state index is -2.86. The molecule has 0 bridgehead atoms. The molecule has 1 aliphatic heterocycles. The van der Waals surface area contributed by atoms with Gasteiger partial charge in [-0.3, -0.25) is 9.59 Å². The molecule has 0 radical (unpaired) electrons. The highest BCUT2D eigenvalue weighted by atomic mass is 79.9. The average Bonchev–Trinajstić information content (AvgIpc) is 2.74. The average molecular weight is 481 g/mol. The Balaban J connectivity index is 1.50. The third-order valence-electron chi connectivity index (χ3n) is 5.17. The number of alkyl halides is 2. The summed E-state index contributed by atoms with van der Waals surface area (Å²) in [7, 11) is 1.73. The number of likely N-dealkylation sites (tertiary alicyclic amines) is 1. The second kappa shape index (κ2) is 10.0. The molecule has 0 N–H and O–H groups in total. The molecular formula is C22H23BrF2N2O3. The van der Waals surface area contributed by atoms with Crippen LogP contribution in [0.2, 0.25) is 0 Å². The van der Waals surface area contributed by atoms with Crippen LogP contribution >= 0.6 is 15.9 Å². The molecule has 8 heteroatoms. The first-order valence-corrected chi connectivity index (χ1v) is 10.5. The van der Waals surface area contributed by atoms with E-state index in [-0.39, 0.29) is 23.5 Å². The van der Waals surface area contributed by atoms with Crippen molar-refractivity contribution in [2.45, 2.75) is 26.0 Å². The van der Waals surface area contributed by atoms with Crippen molar-refractivity contribution in [2.75, 3.05) is 20.1 Å². The third-order valence-corrected chi connectivity index (χ3v) is 5.70. The summed E-state index contributed by atoms with van der Waals surface area (Å²) in [4.78, 5) is 28.8. The zero-order valence-electron chi connectivity index (χ0n) is 16.6. The van der Waals surface area contributed by atoms with Crippen molar-refractivity contribution in [2.24, 2.45) is 5.92 Å². The fourth-order valence-corrected chi connectivity index (χ4v) is 3.81. The second-order valence-electron chi connectivity index (χ2n) is 7.29. The summed E-state index contributed by atoms with van der Waals surface area (Å²) in [5.41, 5.74) is 1.47. The number of hydrogen-bond acceptors (Lipinski definition) is 3. The zero-order valence-corrected chi connectivity index (χ0v) is 18.1. The molecule has 1 heterocycles. The van der Waals surface area contributed by atoms with E-state index in [1.54, 1.807) is 41.1 Å². The minimum Gasteiger partial charge on any atom is -0.435 e. The monoisotopic (exact) mass is 480 g/mol. The third kappa shape index (κ3) is 5.78. The van der Waals surface area contributed by atoms with Crippen LogP contribution in [0, 0.1) is 5.92 Å². The lowest BCUT2D eigenvalue weighted by atomic mass is 9.94. The van der Waals surface area contributed by atoms with Crippen LogP contribution < -0.4 is 4.74 Å². The normalized spacial score (nSPS) is 14.6. The lowest BCUT2D eigenvalue weighted by Gasteiger charge is -2.33. The zero-order chi connectivity index (χ0) is 21.7. The lowest BCUT2D eigenvalue weighted by molar-refractivity contribution is -0.136. The van der Waals surface area contributed by atoms with E-state index in [1.165, 1.54) is 12.1 Å². The predicted molar refractivity (Wildman–Crippen MR) is 112 cm³/mol. The van der Waals surface area contributed by atoms with Gasteiger partial charge >= 0.3 is 6.61 Å². The highest BCUT2D eigenvalue weighted by molar-refractivity contribution is 9.10. The van der Waals surface area contributed by atoms with E-state index in [2.05, 4.69) is 20.7 Å². The summed E-state index contributed by atoms with van der Waals surface area (Å²) in [6.45, 7) is -1.40. The standard InChI is InChI=1S/C22H23BrF2N2O3/c1-26(14-15-2-8-19(9-3-15)30-22(24)25)20(28)17-10-12-27(13-11-17)21(29)16-4-6-18(23)7-5-16/h2-9,17,22H,10-14H2,1H3. The molecule has 30 heavy (non-hydrogen) atoms. The number of carbonyl (C=O) groups is 2. The summed E-state index contributed by atoms with van der Waals surface area (Å²) in [5.74, 6) is -0.0394. The summed E-state index contributed by atoms with van der Waals surface area (Å²) >= 11 is 3.36. The molecule has 1 saturated heterocycles. The molecule has 0 spiro atoms. The van der Waals surface area contributed by atoms with Crippen LogP contribution in [-0.2, 0) is 11.3 Å². The first-order chi connectivity index (χ1) is 14.3. The fraction of sp³-hybridized carbons (Fsp3) is 0.364. The van der Waals surface area contributed by atoms with Gasteiger partial charge in [-0.05, 0) is 54.8 Å². The molecule has 160 valence electrons. The Hall–Kier alpha value is -2.48. The molecule has 3 rings (SSSR count). The molecule has 5 nitrogen and oxygen atoms in total. The number of amides is 2. The Morgan fingerprint density at radius 2 is 1.70 bits per heavy atom. The molecular weight excluding hydrogens is 458 g/mol. The van der Waals surface area contributed by atoms with E-state index in [4.69, 9.17) is 0 Å². The predicted octanol–water partition coefficient (Wildman–Crippen LogP) is 4.56. The van der Waals surface area contributed by atoms with Crippen molar-refractivity contribution in [3.05, 3.63) is 64.1 Å². The quantitative estimate of drug-likeness (QED) is 0.608. The van der Waals surface area contributed by atoms with Gasteiger partial charge in [-0.15, -0.1) is 0 Å². The Bertz CT molecular complexity index is 867. The maximum absolute atomic E-state index is 12.8. The number of rotatable bonds is 6. The molecule has 2 amide bonds. The number of ether oxygens (including phenoxy) is 1. The van der Waals surface area contributed by atoms with E-state index in [0.29, 0.717) is 38.0 Å². The maximum Gasteiger partial charge on any atom is 0.387 e. The van der Waals surface area contributed by atoms with E-state index >= 15 is 0 Å². The van der Waals surface area contributed by atoms with E-state index in [1.807, 2.05) is 12.1 Å². The molecule has 2 aromatic rings. The maximum atomic E-state index is 12.8. The SMILES string of the molecule is CN(Cc1ccc(OC(F)F)cc1)C(=O)C1CCN(C(=O)c2ccc(Br)cc2)CC1. The van der Waals surface area contributed by atoms with Crippen LogP contribution in [0.15, 0.2) is 53.0 Å². The minimum absolute atomic E-state index is 0.0205. The topological polar surface area (TPSA) is 49.9 Å². The van der Waals surface area contributed by atoms with Gasteiger partial charge in [0.15, 0.2) is 0 Å². The van der Waals surface area contributed by atoms with Gasteiger partial charge in [-0.25, -0.2) is 0 Å². The van der Waals surface area contributed by atoms with Gasteiger partial charge in [-0.2, -0.15) is 8.78 Å². The van der Waals surface area contributed by atoms with Crippen LogP contribution in [-0.4, -0.2) is 48.4 Å². The summed E-state index contributed by atoms with van der Waals surface area (Å²) < 4.78 is 29.7. The first-order valence-electron chi connectivity index (χ1n) is 9.67. The number of halogens is 3. The molecule has 1 fully saturated rings. The van der Waals surface area contributed by atoms with Gasteiger partial charge in [0.05, 0.1) is 0 Å². The number of benzene rings is 2. The summed E-state index contributed by atoms with van der Waals surface area (Å²) in [6, 6.07) is 13.5. The smallest absolute Gasteiger partial charge is 0.387 e. The summed E-state index contributed by atoms with van der Waals surface area (Å²) in [6.07, 6.45) is 1.24.